The minimum absolute atomic E-state index is 0.0711. The van der Waals surface area contributed by atoms with E-state index in [1.807, 2.05) is 13.0 Å². The van der Waals surface area contributed by atoms with Crippen molar-refractivity contribution in [3.8, 4) is 0 Å². The molecule has 1 aromatic carbocycles. The molecule has 20 heavy (non-hydrogen) atoms. The molecular formula is C15H21N3O2. The fraction of sp³-hybridized carbons (Fsp3) is 0.467. The number of hydrogen-bond donors (Lipinski definition) is 3. The first kappa shape index (κ1) is 14.5. The topological polar surface area (TPSA) is 70.2 Å². The molecule has 108 valence electrons. The van der Waals surface area contributed by atoms with E-state index < -0.39 is 0 Å². The van der Waals surface area contributed by atoms with Crippen LogP contribution in [0, 0.1) is 0 Å². The molecule has 1 saturated heterocycles. The van der Waals surface area contributed by atoms with Crippen LogP contribution >= 0.6 is 0 Å². The molecule has 3 N–H and O–H groups in total. The summed E-state index contributed by atoms with van der Waals surface area (Å²) in [7, 11) is 0. The van der Waals surface area contributed by atoms with Gasteiger partial charge in [-0.25, -0.2) is 0 Å². The monoisotopic (exact) mass is 275 g/mol. The Bertz CT molecular complexity index is 482. The smallest absolute Gasteiger partial charge is 0.253 e. The van der Waals surface area contributed by atoms with E-state index in [-0.39, 0.29) is 17.9 Å². The highest BCUT2D eigenvalue weighted by molar-refractivity contribution is 6.04. The first-order valence-corrected chi connectivity index (χ1v) is 7.14. The second-order valence-corrected chi connectivity index (χ2v) is 4.94. The number of anilines is 1. The first-order valence-electron chi connectivity index (χ1n) is 7.14. The highest BCUT2D eigenvalue weighted by Crippen LogP contribution is 2.16. The van der Waals surface area contributed by atoms with Crippen LogP contribution in [0.4, 0.5) is 5.69 Å². The zero-order chi connectivity index (χ0) is 14.4. The minimum atomic E-state index is -0.151. The third-order valence-electron chi connectivity index (χ3n) is 3.34. The Kier molecular flexibility index (Phi) is 5.12. The Hall–Kier alpha value is -1.88. The number of benzene rings is 1. The molecule has 1 atom stereocenters. The Morgan fingerprint density at radius 3 is 2.85 bits per heavy atom. The predicted molar refractivity (Wildman–Crippen MR) is 78.7 cm³/mol. The van der Waals surface area contributed by atoms with E-state index in [9.17, 15) is 9.59 Å². The first-order chi connectivity index (χ1) is 9.72. The lowest BCUT2D eigenvalue weighted by Gasteiger charge is -2.14. The molecule has 0 spiro atoms. The van der Waals surface area contributed by atoms with Gasteiger partial charge >= 0.3 is 0 Å². The second kappa shape index (κ2) is 7.05. The summed E-state index contributed by atoms with van der Waals surface area (Å²) in [6.07, 6.45) is 2.74. The quantitative estimate of drug-likeness (QED) is 0.763. The van der Waals surface area contributed by atoms with Gasteiger partial charge in [0, 0.05) is 6.54 Å². The Balaban J connectivity index is 2.07. The second-order valence-electron chi connectivity index (χ2n) is 4.94. The van der Waals surface area contributed by atoms with Crippen molar-refractivity contribution in [3.63, 3.8) is 0 Å². The summed E-state index contributed by atoms with van der Waals surface area (Å²) in [5.74, 6) is -0.222. The number of rotatable bonds is 5. The molecule has 0 saturated carbocycles. The van der Waals surface area contributed by atoms with Gasteiger partial charge in [0.05, 0.1) is 17.3 Å². The number of carbonyl (C=O) groups excluding carboxylic acids is 2. The van der Waals surface area contributed by atoms with Crippen LogP contribution in [0.25, 0.3) is 0 Å². The summed E-state index contributed by atoms with van der Waals surface area (Å²) in [4.78, 5) is 24.1. The molecule has 0 aliphatic carbocycles. The summed E-state index contributed by atoms with van der Waals surface area (Å²) >= 11 is 0. The predicted octanol–water partition coefficient (Wildman–Crippen LogP) is 1.52. The van der Waals surface area contributed by atoms with E-state index in [1.165, 1.54) is 0 Å². The maximum Gasteiger partial charge on any atom is 0.253 e. The van der Waals surface area contributed by atoms with Gasteiger partial charge in [0.15, 0.2) is 0 Å². The molecule has 0 unspecified atom stereocenters. The Morgan fingerprint density at radius 2 is 2.15 bits per heavy atom. The molecule has 1 aliphatic heterocycles. The fourth-order valence-corrected chi connectivity index (χ4v) is 2.25. The fourth-order valence-electron chi connectivity index (χ4n) is 2.25. The molecule has 1 aliphatic rings. The lowest BCUT2D eigenvalue weighted by molar-refractivity contribution is -0.117. The highest BCUT2D eigenvalue weighted by Gasteiger charge is 2.23. The van der Waals surface area contributed by atoms with Gasteiger partial charge in [0.25, 0.3) is 5.91 Å². The molecule has 0 bridgehead atoms. The van der Waals surface area contributed by atoms with Crippen LogP contribution < -0.4 is 16.0 Å². The minimum Gasteiger partial charge on any atom is -0.352 e. The molecule has 1 aromatic rings. The van der Waals surface area contributed by atoms with E-state index in [0.29, 0.717) is 17.8 Å². The van der Waals surface area contributed by atoms with Gasteiger partial charge in [-0.2, -0.15) is 0 Å². The van der Waals surface area contributed by atoms with Crippen molar-refractivity contribution < 1.29 is 9.59 Å². The largest absolute Gasteiger partial charge is 0.352 e. The van der Waals surface area contributed by atoms with Gasteiger partial charge < -0.3 is 16.0 Å². The van der Waals surface area contributed by atoms with E-state index in [0.717, 1.165) is 25.8 Å². The molecule has 5 heteroatoms. The summed E-state index contributed by atoms with van der Waals surface area (Å²) in [5.41, 5.74) is 1.08. The van der Waals surface area contributed by atoms with E-state index in [4.69, 9.17) is 0 Å². The molecule has 5 nitrogen and oxygen atoms in total. The lowest BCUT2D eigenvalue weighted by atomic mass is 10.1. The van der Waals surface area contributed by atoms with Crippen LogP contribution in [-0.2, 0) is 4.79 Å². The van der Waals surface area contributed by atoms with E-state index in [1.54, 1.807) is 18.2 Å². The normalized spacial score (nSPS) is 17.8. The Labute approximate surface area is 119 Å². The maximum absolute atomic E-state index is 12.1. The molecule has 1 fully saturated rings. The molecule has 2 amide bonds. The van der Waals surface area contributed by atoms with E-state index in [2.05, 4.69) is 16.0 Å². The molecule has 2 rings (SSSR count). The Morgan fingerprint density at radius 1 is 1.35 bits per heavy atom. The van der Waals surface area contributed by atoms with Gasteiger partial charge in [-0.1, -0.05) is 19.1 Å². The third-order valence-corrected chi connectivity index (χ3v) is 3.34. The SMILES string of the molecule is CCCNC(=O)c1ccccc1NC(=O)[C@@H]1CCCN1. The van der Waals surface area contributed by atoms with Crippen molar-refractivity contribution in [1.29, 1.82) is 0 Å². The molecule has 0 aromatic heterocycles. The van der Waals surface area contributed by atoms with Crippen LogP contribution in [-0.4, -0.2) is 30.9 Å². The van der Waals surface area contributed by atoms with Gasteiger partial charge in [-0.3, -0.25) is 9.59 Å². The standard InChI is InChI=1S/C15H21N3O2/c1-2-9-17-14(19)11-6-3-4-7-12(11)18-15(20)13-8-5-10-16-13/h3-4,6-7,13,16H,2,5,8-10H2,1H3,(H,17,19)(H,18,20)/t13-/m0/s1. The summed E-state index contributed by atoms with van der Waals surface area (Å²) in [6, 6.07) is 6.94. The summed E-state index contributed by atoms with van der Waals surface area (Å²) in [6.45, 7) is 3.50. The number of hydrogen-bond acceptors (Lipinski definition) is 3. The van der Waals surface area contributed by atoms with Crippen LogP contribution in [0.2, 0.25) is 0 Å². The van der Waals surface area contributed by atoms with Crippen molar-refractivity contribution in [3.05, 3.63) is 29.8 Å². The van der Waals surface area contributed by atoms with Crippen molar-refractivity contribution >= 4 is 17.5 Å². The number of carbonyl (C=O) groups is 2. The highest BCUT2D eigenvalue weighted by atomic mass is 16.2. The number of nitrogens with one attached hydrogen (secondary N) is 3. The van der Waals surface area contributed by atoms with Gasteiger partial charge in [-0.15, -0.1) is 0 Å². The van der Waals surface area contributed by atoms with Crippen molar-refractivity contribution in [2.24, 2.45) is 0 Å². The van der Waals surface area contributed by atoms with Gasteiger partial charge in [0.2, 0.25) is 5.91 Å². The van der Waals surface area contributed by atoms with E-state index >= 15 is 0 Å². The zero-order valence-corrected chi connectivity index (χ0v) is 11.7. The van der Waals surface area contributed by atoms with Crippen molar-refractivity contribution in [1.82, 2.24) is 10.6 Å². The number of para-hydroxylation sites is 1. The molecule has 0 radical (unpaired) electrons. The van der Waals surface area contributed by atoms with Gasteiger partial charge in [-0.05, 0) is 37.9 Å². The summed E-state index contributed by atoms with van der Waals surface area (Å²) in [5, 5.41) is 8.82. The molecule has 1 heterocycles. The van der Waals surface area contributed by atoms with Crippen molar-refractivity contribution in [2.75, 3.05) is 18.4 Å². The average molecular weight is 275 g/mol. The zero-order valence-electron chi connectivity index (χ0n) is 11.7. The van der Waals surface area contributed by atoms with Crippen molar-refractivity contribution in [2.45, 2.75) is 32.2 Å². The maximum atomic E-state index is 12.1. The van der Waals surface area contributed by atoms with Crippen LogP contribution in [0.15, 0.2) is 24.3 Å². The average Bonchev–Trinajstić information content (AvgIpc) is 2.99. The lowest BCUT2D eigenvalue weighted by Crippen LogP contribution is -2.36. The van der Waals surface area contributed by atoms with Crippen LogP contribution in [0.3, 0.4) is 0 Å². The van der Waals surface area contributed by atoms with Crippen LogP contribution in [0.1, 0.15) is 36.5 Å². The summed E-state index contributed by atoms with van der Waals surface area (Å²) < 4.78 is 0. The van der Waals surface area contributed by atoms with Crippen LogP contribution in [0.5, 0.6) is 0 Å². The third kappa shape index (κ3) is 3.57. The van der Waals surface area contributed by atoms with Gasteiger partial charge in [0.1, 0.15) is 0 Å². The molecular weight excluding hydrogens is 254 g/mol. The number of amides is 2.